The van der Waals surface area contributed by atoms with Gasteiger partial charge >= 0.3 is 0 Å². The average Bonchev–Trinajstić information content (AvgIpc) is 2.44. The summed E-state index contributed by atoms with van der Waals surface area (Å²) >= 11 is 6.84. The van der Waals surface area contributed by atoms with Crippen LogP contribution < -0.4 is 5.32 Å². The fourth-order valence-electron chi connectivity index (χ4n) is 2.13. The first-order valence-electron chi connectivity index (χ1n) is 6.13. The van der Waals surface area contributed by atoms with Gasteiger partial charge < -0.3 is 5.32 Å². The highest BCUT2D eigenvalue weighted by atomic mass is 79.9. The third-order valence-corrected chi connectivity index (χ3v) is 4.79. The van der Waals surface area contributed by atoms with Gasteiger partial charge in [0.25, 0.3) is 0 Å². The second-order valence-corrected chi connectivity index (χ2v) is 6.32. The first-order chi connectivity index (χ1) is 9.86. The minimum atomic E-state index is -1.46. The van der Waals surface area contributed by atoms with E-state index in [1.54, 1.807) is 7.05 Å². The monoisotopic (exact) mass is 421 g/mol. The molecule has 0 spiro atoms. The van der Waals surface area contributed by atoms with Crippen LogP contribution in [0.15, 0.2) is 33.2 Å². The minimum Gasteiger partial charge on any atom is -0.309 e. The largest absolute Gasteiger partial charge is 0.309 e. The van der Waals surface area contributed by atoms with Gasteiger partial charge in [0, 0.05) is 14.5 Å². The Morgan fingerprint density at radius 2 is 1.62 bits per heavy atom. The number of halogens is 5. The molecular formula is C15H12Br2F3N. The van der Waals surface area contributed by atoms with Crippen LogP contribution in [0.5, 0.6) is 0 Å². The smallest absolute Gasteiger partial charge is 0.194 e. The Labute approximate surface area is 137 Å². The van der Waals surface area contributed by atoms with Gasteiger partial charge in [0.05, 0.1) is 6.04 Å². The molecule has 1 N–H and O–H groups in total. The van der Waals surface area contributed by atoms with Crippen molar-refractivity contribution < 1.29 is 13.2 Å². The molecule has 0 saturated heterocycles. The van der Waals surface area contributed by atoms with Crippen LogP contribution in [0.25, 0.3) is 0 Å². The van der Waals surface area contributed by atoms with Crippen LogP contribution in [0.2, 0.25) is 0 Å². The summed E-state index contributed by atoms with van der Waals surface area (Å²) in [4.78, 5) is 0. The summed E-state index contributed by atoms with van der Waals surface area (Å²) in [6.07, 6.45) is 0. The van der Waals surface area contributed by atoms with Crippen LogP contribution in [0, 0.1) is 24.4 Å². The van der Waals surface area contributed by atoms with Crippen molar-refractivity contribution in [3.8, 4) is 0 Å². The molecule has 2 aromatic carbocycles. The maximum Gasteiger partial charge on any atom is 0.194 e. The lowest BCUT2D eigenvalue weighted by Crippen LogP contribution is -2.20. The molecule has 2 aromatic rings. The van der Waals surface area contributed by atoms with Gasteiger partial charge in [-0.2, -0.15) is 0 Å². The molecule has 0 saturated carbocycles. The van der Waals surface area contributed by atoms with Crippen LogP contribution in [0.4, 0.5) is 13.2 Å². The summed E-state index contributed by atoms with van der Waals surface area (Å²) in [5.74, 6) is -3.84. The lowest BCUT2D eigenvalue weighted by Gasteiger charge is -2.20. The van der Waals surface area contributed by atoms with Crippen LogP contribution in [-0.2, 0) is 0 Å². The van der Waals surface area contributed by atoms with Gasteiger partial charge in [-0.15, -0.1) is 0 Å². The zero-order valence-electron chi connectivity index (χ0n) is 11.3. The summed E-state index contributed by atoms with van der Waals surface area (Å²) in [7, 11) is 1.63. The van der Waals surface area contributed by atoms with Crippen molar-refractivity contribution in [2.75, 3.05) is 7.05 Å². The fourth-order valence-corrected chi connectivity index (χ4v) is 3.17. The van der Waals surface area contributed by atoms with Crippen molar-refractivity contribution in [3.63, 3.8) is 0 Å². The molecule has 0 radical (unpaired) electrons. The number of hydrogen-bond donors (Lipinski definition) is 1. The Hall–Kier alpha value is -0.850. The second kappa shape index (κ2) is 6.50. The topological polar surface area (TPSA) is 12.0 Å². The van der Waals surface area contributed by atoms with Gasteiger partial charge in [0.1, 0.15) is 0 Å². The molecule has 0 bridgehead atoms. The van der Waals surface area contributed by atoms with Gasteiger partial charge in [-0.25, -0.2) is 13.2 Å². The quantitative estimate of drug-likeness (QED) is 0.666. The maximum atomic E-state index is 14.0. The van der Waals surface area contributed by atoms with Gasteiger partial charge in [-0.05, 0) is 43.3 Å². The van der Waals surface area contributed by atoms with Crippen molar-refractivity contribution in [1.82, 2.24) is 5.32 Å². The fraction of sp³-hybridized carbons (Fsp3) is 0.200. The lowest BCUT2D eigenvalue weighted by atomic mass is 9.97. The van der Waals surface area contributed by atoms with Crippen molar-refractivity contribution in [3.05, 3.63) is 67.4 Å². The number of hydrogen-bond acceptors (Lipinski definition) is 1. The maximum absolute atomic E-state index is 14.0. The van der Waals surface area contributed by atoms with E-state index in [9.17, 15) is 13.2 Å². The van der Waals surface area contributed by atoms with E-state index in [0.29, 0.717) is 0 Å². The van der Waals surface area contributed by atoms with Crippen molar-refractivity contribution in [2.24, 2.45) is 0 Å². The van der Waals surface area contributed by atoms with E-state index in [1.807, 2.05) is 19.1 Å². The van der Waals surface area contributed by atoms with Crippen LogP contribution in [-0.4, -0.2) is 7.05 Å². The van der Waals surface area contributed by atoms with Crippen LogP contribution in [0.1, 0.15) is 22.7 Å². The Balaban J connectivity index is 2.60. The predicted molar refractivity (Wildman–Crippen MR) is 83.8 cm³/mol. The zero-order valence-corrected chi connectivity index (χ0v) is 14.4. The van der Waals surface area contributed by atoms with E-state index in [1.165, 1.54) is 6.07 Å². The number of rotatable bonds is 3. The Bertz CT molecular complexity index is 687. The van der Waals surface area contributed by atoms with Gasteiger partial charge in [0.2, 0.25) is 0 Å². The normalized spacial score (nSPS) is 12.5. The number of nitrogens with one attached hydrogen (secondary N) is 1. The van der Waals surface area contributed by atoms with E-state index in [4.69, 9.17) is 0 Å². The van der Waals surface area contributed by atoms with Crippen molar-refractivity contribution >= 4 is 31.9 Å². The van der Waals surface area contributed by atoms with E-state index in [-0.39, 0.29) is 5.56 Å². The second-order valence-electron chi connectivity index (χ2n) is 4.61. The first kappa shape index (κ1) is 16.5. The number of aryl methyl sites for hydroxylation is 1. The summed E-state index contributed by atoms with van der Waals surface area (Å²) in [6, 6.07) is 5.26. The Kier molecular flexibility index (Phi) is 5.11. The summed E-state index contributed by atoms with van der Waals surface area (Å²) in [5.41, 5.74) is 1.78. The van der Waals surface area contributed by atoms with Gasteiger partial charge in [0.15, 0.2) is 17.5 Å². The van der Waals surface area contributed by atoms with Gasteiger partial charge in [-0.1, -0.05) is 37.9 Å². The molecular weight excluding hydrogens is 411 g/mol. The molecule has 0 aliphatic heterocycles. The molecule has 2 rings (SSSR count). The first-order valence-corrected chi connectivity index (χ1v) is 7.71. The summed E-state index contributed by atoms with van der Waals surface area (Å²) in [6.45, 7) is 1.92. The van der Waals surface area contributed by atoms with Crippen LogP contribution in [0.3, 0.4) is 0 Å². The molecule has 0 fully saturated rings. The lowest BCUT2D eigenvalue weighted by molar-refractivity contribution is 0.435. The molecule has 1 atom stereocenters. The third-order valence-electron chi connectivity index (χ3n) is 3.25. The predicted octanol–water partition coefficient (Wildman–Crippen LogP) is 5.25. The molecule has 0 aromatic heterocycles. The number of benzene rings is 2. The molecule has 112 valence electrons. The van der Waals surface area contributed by atoms with Crippen molar-refractivity contribution in [2.45, 2.75) is 13.0 Å². The van der Waals surface area contributed by atoms with Gasteiger partial charge in [-0.3, -0.25) is 0 Å². The Morgan fingerprint density at radius 3 is 2.24 bits per heavy atom. The standard InChI is InChI=1S/C15H12Br2F3N/c1-7-5-11(17)9(6-10(7)16)15(21-2)8-3-4-12(18)14(20)13(8)19/h3-6,15,21H,1-2H3. The summed E-state index contributed by atoms with van der Waals surface area (Å²) in [5, 5.41) is 2.93. The highest BCUT2D eigenvalue weighted by Crippen LogP contribution is 2.34. The molecule has 0 aliphatic carbocycles. The van der Waals surface area contributed by atoms with Crippen LogP contribution >= 0.6 is 31.9 Å². The SMILES string of the molecule is CNC(c1cc(Br)c(C)cc1Br)c1ccc(F)c(F)c1F. The molecule has 0 amide bonds. The molecule has 0 aliphatic rings. The zero-order chi connectivity index (χ0) is 15.7. The Morgan fingerprint density at radius 1 is 0.952 bits per heavy atom. The third kappa shape index (κ3) is 3.17. The molecule has 6 heteroatoms. The minimum absolute atomic E-state index is 0.0489. The molecule has 0 heterocycles. The molecule has 1 unspecified atom stereocenters. The van der Waals surface area contributed by atoms with Crippen molar-refractivity contribution in [1.29, 1.82) is 0 Å². The van der Waals surface area contributed by atoms with E-state index in [0.717, 1.165) is 26.1 Å². The average molecular weight is 423 g/mol. The molecule has 21 heavy (non-hydrogen) atoms. The highest BCUT2D eigenvalue weighted by Gasteiger charge is 2.23. The molecule has 1 nitrogen and oxygen atoms in total. The van der Waals surface area contributed by atoms with E-state index >= 15 is 0 Å². The van der Waals surface area contributed by atoms with E-state index in [2.05, 4.69) is 37.2 Å². The highest BCUT2D eigenvalue weighted by molar-refractivity contribution is 9.11. The summed E-state index contributed by atoms with van der Waals surface area (Å²) < 4.78 is 42.1. The van der Waals surface area contributed by atoms with E-state index < -0.39 is 23.5 Å².